The lowest BCUT2D eigenvalue weighted by molar-refractivity contribution is 0.235. The van der Waals surface area contributed by atoms with Gasteiger partial charge >= 0.3 is 0 Å². The van der Waals surface area contributed by atoms with E-state index in [1.54, 1.807) is 4.90 Å². The molecule has 2 aliphatic rings. The van der Waals surface area contributed by atoms with Crippen molar-refractivity contribution >= 4 is 0 Å². The van der Waals surface area contributed by atoms with Gasteiger partial charge in [0.25, 0.3) is 0 Å². The molecule has 0 spiro atoms. The minimum Gasteiger partial charge on any atom is -0.309 e. The first-order chi connectivity index (χ1) is 5.55. The number of likely N-dealkylation sites (N-methyl/N-ethyl adjacent to an activating group) is 1. The third-order valence-corrected chi connectivity index (χ3v) is 2.22. The van der Waals surface area contributed by atoms with E-state index in [1.165, 1.54) is 0 Å². The summed E-state index contributed by atoms with van der Waals surface area (Å²) in [5.74, 6) is 0. The van der Waals surface area contributed by atoms with Crippen LogP contribution in [0, 0.1) is 0 Å². The van der Waals surface area contributed by atoms with Crippen LogP contribution in [0.4, 0.5) is 0 Å². The largest absolute Gasteiger partial charge is 0.309 e. The molecule has 2 bridgehead atoms. The van der Waals surface area contributed by atoms with E-state index in [0.29, 0.717) is 25.2 Å². The van der Waals surface area contributed by atoms with Gasteiger partial charge in [-0.3, -0.25) is 0 Å². The average Bonchev–Trinajstić information content (AvgIpc) is 2.28. The molecule has 0 saturated carbocycles. The zero-order valence-electron chi connectivity index (χ0n) is 8.43. The number of nitrogens with one attached hydrogen (secondary N) is 1. The van der Waals surface area contributed by atoms with Crippen LogP contribution in [0.3, 0.4) is 0 Å². The predicted molar refractivity (Wildman–Crippen MR) is 37.4 cm³/mol. The highest BCUT2D eigenvalue weighted by Crippen LogP contribution is 2.18. The molecule has 2 fully saturated rings. The van der Waals surface area contributed by atoms with Crippen molar-refractivity contribution in [3.05, 3.63) is 0 Å². The number of hydrogen-bond donors (Lipinski definition) is 1. The van der Waals surface area contributed by atoms with E-state index in [1.807, 2.05) is 0 Å². The fraction of sp³-hybridized carbons (Fsp3) is 1.00. The highest BCUT2D eigenvalue weighted by atomic mass is 15.2. The first kappa shape index (κ1) is 3.35. The summed E-state index contributed by atoms with van der Waals surface area (Å²) >= 11 is 0. The van der Waals surface area contributed by atoms with Crippen LogP contribution in [-0.4, -0.2) is 37.0 Å². The zero-order chi connectivity index (χ0) is 8.77. The second-order valence-corrected chi connectivity index (χ2v) is 3.04. The highest BCUT2D eigenvalue weighted by molar-refractivity contribution is 4.91. The van der Waals surface area contributed by atoms with E-state index in [9.17, 15) is 0 Å². The Hall–Kier alpha value is -0.0800. The summed E-state index contributed by atoms with van der Waals surface area (Å²) in [5.41, 5.74) is 0. The van der Waals surface area contributed by atoms with Crippen molar-refractivity contribution in [3.8, 4) is 0 Å². The normalized spacial score (nSPS) is 50.0. The van der Waals surface area contributed by atoms with Gasteiger partial charge in [-0.15, -0.1) is 0 Å². The third kappa shape index (κ3) is 0.970. The summed E-state index contributed by atoms with van der Waals surface area (Å²) in [5, 5.41) is 3.40. The molecule has 0 unspecified atom stereocenters. The van der Waals surface area contributed by atoms with E-state index in [-0.39, 0.29) is 0 Å². The number of likely N-dealkylation sites (tertiary alicyclic amines) is 1. The molecule has 2 saturated heterocycles. The molecule has 2 nitrogen and oxygen atoms in total. The molecule has 0 amide bonds. The van der Waals surface area contributed by atoms with Gasteiger partial charge in [0.1, 0.15) is 0 Å². The molecule has 0 aromatic rings. The lowest BCUT2D eigenvalue weighted by Gasteiger charge is -2.29. The molecule has 1 N–H and O–H groups in total. The van der Waals surface area contributed by atoms with Gasteiger partial charge in [0.05, 0.1) is 0 Å². The molecule has 2 heterocycles. The van der Waals surface area contributed by atoms with Gasteiger partial charge in [-0.1, -0.05) is 0 Å². The van der Waals surface area contributed by atoms with Crippen molar-refractivity contribution in [2.45, 2.75) is 24.9 Å². The average molecular weight is 129 g/mol. The minimum atomic E-state index is -1.89. The molecule has 0 aromatic carbocycles. The monoisotopic (exact) mass is 129 g/mol. The molecular formula is C7H14N2. The van der Waals surface area contributed by atoms with Crippen LogP contribution in [0.2, 0.25) is 0 Å². The van der Waals surface area contributed by atoms with Crippen LogP contribution in [0.15, 0.2) is 0 Å². The Bertz CT molecular complexity index is 168. The summed E-state index contributed by atoms with van der Waals surface area (Å²) in [6.45, 7) is -0.511. The Morgan fingerprint density at radius 2 is 2.11 bits per heavy atom. The van der Waals surface area contributed by atoms with Crippen molar-refractivity contribution in [3.63, 3.8) is 0 Å². The van der Waals surface area contributed by atoms with Crippen LogP contribution in [0.5, 0.6) is 0 Å². The Labute approximate surface area is 60.4 Å². The van der Waals surface area contributed by atoms with Gasteiger partial charge in [0, 0.05) is 29.3 Å². The van der Waals surface area contributed by atoms with Crippen molar-refractivity contribution in [1.29, 1.82) is 0 Å². The van der Waals surface area contributed by atoms with Crippen LogP contribution in [0.1, 0.15) is 17.0 Å². The molecule has 0 aliphatic carbocycles. The Morgan fingerprint density at radius 1 is 1.44 bits per heavy atom. The Kier molecular flexibility index (Phi) is 0.729. The van der Waals surface area contributed by atoms with E-state index >= 15 is 0 Å². The lowest BCUT2D eigenvalue weighted by atomic mass is 10.2. The second kappa shape index (κ2) is 1.96. The van der Waals surface area contributed by atoms with Gasteiger partial charge < -0.3 is 10.2 Å². The lowest BCUT2D eigenvalue weighted by Crippen LogP contribution is -2.49. The fourth-order valence-corrected chi connectivity index (χ4v) is 1.80. The zero-order valence-corrected chi connectivity index (χ0v) is 5.43. The molecule has 2 rings (SSSR count). The molecule has 0 radical (unpaired) electrons. The van der Waals surface area contributed by atoms with Crippen molar-refractivity contribution < 1.29 is 4.11 Å². The maximum absolute atomic E-state index is 7.27. The van der Waals surface area contributed by atoms with Crippen LogP contribution in [-0.2, 0) is 0 Å². The number of piperazine rings is 1. The molecule has 52 valence electrons. The van der Waals surface area contributed by atoms with Crippen molar-refractivity contribution in [2.24, 2.45) is 0 Å². The topological polar surface area (TPSA) is 15.3 Å². The molecule has 2 heteroatoms. The summed E-state index contributed by atoms with van der Waals surface area (Å²) in [6, 6.07) is 0.841. The predicted octanol–water partition coefficient (Wildman–Crippen LogP) is 0.0524. The fourth-order valence-electron chi connectivity index (χ4n) is 1.80. The smallest absolute Gasteiger partial charge is 0.0394 e. The summed E-state index contributed by atoms with van der Waals surface area (Å²) < 4.78 is 21.8. The molecule has 9 heavy (non-hydrogen) atoms. The highest BCUT2D eigenvalue weighted by Gasteiger charge is 2.29. The van der Waals surface area contributed by atoms with Gasteiger partial charge in [-0.25, -0.2) is 0 Å². The molecular weight excluding hydrogens is 112 g/mol. The van der Waals surface area contributed by atoms with Crippen LogP contribution in [0.25, 0.3) is 0 Å². The number of nitrogens with zero attached hydrogens (tertiary/aromatic N) is 1. The number of hydrogen-bond acceptors (Lipinski definition) is 2. The van der Waals surface area contributed by atoms with Crippen molar-refractivity contribution in [2.75, 3.05) is 20.1 Å². The second-order valence-electron chi connectivity index (χ2n) is 3.04. The SMILES string of the molecule is [2H]C([2H])([2H])N1C[C@H]2CC[C@@H](C1)N2. The Balaban J connectivity index is 2.03. The van der Waals surface area contributed by atoms with Gasteiger partial charge in [-0.05, 0) is 19.8 Å². The summed E-state index contributed by atoms with van der Waals surface area (Å²) in [4.78, 5) is 1.62. The quantitative estimate of drug-likeness (QED) is 0.497. The molecule has 2 atom stereocenters. The molecule has 2 aliphatic heterocycles. The maximum atomic E-state index is 7.27. The molecule has 0 aromatic heterocycles. The van der Waals surface area contributed by atoms with Crippen molar-refractivity contribution in [1.82, 2.24) is 10.2 Å². The standard InChI is InChI=1S/C7H14N2/c1-9-4-6-2-3-7(5-9)8-6/h6-8H,2-5H2,1H3/t6-,7+/i1D3. The van der Waals surface area contributed by atoms with Gasteiger partial charge in [0.2, 0.25) is 0 Å². The number of rotatable bonds is 0. The van der Waals surface area contributed by atoms with E-state index in [2.05, 4.69) is 5.32 Å². The van der Waals surface area contributed by atoms with Crippen LogP contribution < -0.4 is 5.32 Å². The summed E-state index contributed by atoms with van der Waals surface area (Å²) in [6.07, 6.45) is 2.27. The van der Waals surface area contributed by atoms with E-state index in [4.69, 9.17) is 4.11 Å². The third-order valence-electron chi connectivity index (χ3n) is 2.22. The number of fused-ring (bicyclic) bond motifs is 2. The summed E-state index contributed by atoms with van der Waals surface area (Å²) in [7, 11) is 0. The van der Waals surface area contributed by atoms with Gasteiger partial charge in [-0.2, -0.15) is 0 Å². The van der Waals surface area contributed by atoms with Gasteiger partial charge in [0.15, 0.2) is 0 Å². The Morgan fingerprint density at radius 3 is 2.67 bits per heavy atom. The van der Waals surface area contributed by atoms with Crippen LogP contribution >= 0.6 is 0 Å². The minimum absolute atomic E-state index is 0.421. The van der Waals surface area contributed by atoms with E-state index in [0.717, 1.165) is 12.8 Å². The maximum Gasteiger partial charge on any atom is 0.0394 e. The van der Waals surface area contributed by atoms with E-state index < -0.39 is 6.98 Å². The first-order valence-electron chi connectivity index (χ1n) is 5.07. The first-order valence-corrected chi connectivity index (χ1v) is 3.57.